The SMILES string of the molecule is Cc1nn(C)cc1CNC1C[C@H](C)Sc2sccc21. The van der Waals surface area contributed by atoms with Crippen LogP contribution in [0.3, 0.4) is 0 Å². The van der Waals surface area contributed by atoms with Crippen LogP contribution in [0.2, 0.25) is 0 Å². The van der Waals surface area contributed by atoms with Gasteiger partial charge in [-0.15, -0.1) is 23.1 Å². The Balaban J connectivity index is 1.73. The molecule has 2 aromatic rings. The number of nitrogens with one attached hydrogen (secondary N) is 1. The molecule has 1 unspecified atom stereocenters. The Morgan fingerprint density at radius 2 is 2.37 bits per heavy atom. The van der Waals surface area contributed by atoms with E-state index in [4.69, 9.17) is 0 Å². The second-order valence-corrected chi connectivity index (χ2v) is 7.80. The van der Waals surface area contributed by atoms with Crippen molar-refractivity contribution in [1.29, 1.82) is 0 Å². The first kappa shape index (κ1) is 13.2. The summed E-state index contributed by atoms with van der Waals surface area (Å²) < 4.78 is 3.38. The first-order valence-corrected chi connectivity index (χ1v) is 8.36. The van der Waals surface area contributed by atoms with E-state index in [2.05, 4.69) is 41.9 Å². The standard InChI is InChI=1S/C14H19N3S2/c1-9-6-13(12-4-5-18-14(12)19-9)15-7-11-8-17(3)16-10(11)2/h4-5,8-9,13,15H,6-7H2,1-3H3/t9-,13?/m0/s1. The molecule has 0 aromatic carbocycles. The van der Waals surface area contributed by atoms with Crippen LogP contribution in [-0.2, 0) is 13.6 Å². The van der Waals surface area contributed by atoms with E-state index in [0.717, 1.165) is 12.2 Å². The molecule has 2 atom stereocenters. The summed E-state index contributed by atoms with van der Waals surface area (Å²) in [7, 11) is 1.98. The Morgan fingerprint density at radius 1 is 1.53 bits per heavy atom. The van der Waals surface area contributed by atoms with E-state index in [1.165, 1.54) is 21.8 Å². The van der Waals surface area contributed by atoms with Gasteiger partial charge in [-0.1, -0.05) is 6.92 Å². The predicted molar refractivity (Wildman–Crippen MR) is 81.8 cm³/mol. The molecule has 0 radical (unpaired) electrons. The fourth-order valence-electron chi connectivity index (χ4n) is 2.60. The van der Waals surface area contributed by atoms with Crippen molar-refractivity contribution >= 4 is 23.1 Å². The van der Waals surface area contributed by atoms with Gasteiger partial charge in [0.2, 0.25) is 0 Å². The number of rotatable bonds is 3. The summed E-state index contributed by atoms with van der Waals surface area (Å²) >= 11 is 3.88. The van der Waals surface area contributed by atoms with Crippen molar-refractivity contribution in [3.8, 4) is 0 Å². The van der Waals surface area contributed by atoms with Crippen molar-refractivity contribution in [3.05, 3.63) is 34.5 Å². The molecule has 3 heterocycles. The highest BCUT2D eigenvalue weighted by atomic mass is 32.2. The van der Waals surface area contributed by atoms with Gasteiger partial charge in [0.25, 0.3) is 0 Å². The summed E-state index contributed by atoms with van der Waals surface area (Å²) in [5.41, 5.74) is 3.90. The fraction of sp³-hybridized carbons (Fsp3) is 0.500. The van der Waals surface area contributed by atoms with Crippen LogP contribution in [0.1, 0.15) is 36.2 Å². The van der Waals surface area contributed by atoms with Crippen LogP contribution in [0.5, 0.6) is 0 Å². The number of thiophene rings is 1. The van der Waals surface area contributed by atoms with Gasteiger partial charge in [-0.05, 0) is 30.4 Å². The van der Waals surface area contributed by atoms with Gasteiger partial charge >= 0.3 is 0 Å². The number of hydrogen-bond acceptors (Lipinski definition) is 4. The Hall–Kier alpha value is -0.780. The van der Waals surface area contributed by atoms with Gasteiger partial charge < -0.3 is 5.32 Å². The maximum Gasteiger partial charge on any atom is 0.0649 e. The number of hydrogen-bond donors (Lipinski definition) is 1. The van der Waals surface area contributed by atoms with Crippen molar-refractivity contribution in [3.63, 3.8) is 0 Å². The lowest BCUT2D eigenvalue weighted by Crippen LogP contribution is -2.26. The molecule has 0 amide bonds. The highest BCUT2D eigenvalue weighted by Crippen LogP contribution is 2.43. The van der Waals surface area contributed by atoms with E-state index in [-0.39, 0.29) is 0 Å². The molecule has 1 aliphatic rings. The van der Waals surface area contributed by atoms with E-state index < -0.39 is 0 Å². The van der Waals surface area contributed by atoms with Gasteiger partial charge in [-0.25, -0.2) is 0 Å². The highest BCUT2D eigenvalue weighted by Gasteiger charge is 2.25. The van der Waals surface area contributed by atoms with Crippen LogP contribution >= 0.6 is 23.1 Å². The summed E-state index contributed by atoms with van der Waals surface area (Å²) in [5.74, 6) is 0. The molecule has 0 saturated carbocycles. The van der Waals surface area contributed by atoms with Gasteiger partial charge in [0.1, 0.15) is 0 Å². The van der Waals surface area contributed by atoms with E-state index in [0.29, 0.717) is 11.3 Å². The van der Waals surface area contributed by atoms with Crippen LogP contribution in [0.4, 0.5) is 0 Å². The van der Waals surface area contributed by atoms with E-state index >= 15 is 0 Å². The van der Waals surface area contributed by atoms with E-state index in [1.807, 2.05) is 34.8 Å². The lowest BCUT2D eigenvalue weighted by Gasteiger charge is -2.27. The molecule has 0 saturated heterocycles. The van der Waals surface area contributed by atoms with Gasteiger partial charge in [-0.2, -0.15) is 5.10 Å². The minimum absolute atomic E-state index is 0.483. The summed E-state index contributed by atoms with van der Waals surface area (Å²) in [6, 6.07) is 2.75. The maximum absolute atomic E-state index is 4.40. The second-order valence-electron chi connectivity index (χ2n) is 5.17. The molecule has 0 fully saturated rings. The quantitative estimate of drug-likeness (QED) is 0.939. The third-order valence-corrected chi connectivity index (χ3v) is 5.91. The van der Waals surface area contributed by atoms with Gasteiger partial charge in [0.05, 0.1) is 9.90 Å². The number of aryl methyl sites for hydroxylation is 2. The molecule has 1 aliphatic heterocycles. The Labute approximate surface area is 122 Å². The molecule has 0 bridgehead atoms. The molecule has 0 aliphatic carbocycles. The van der Waals surface area contributed by atoms with Gasteiger partial charge in [0.15, 0.2) is 0 Å². The number of nitrogens with zero attached hydrogens (tertiary/aromatic N) is 2. The molecular formula is C14H19N3S2. The summed E-state index contributed by atoms with van der Waals surface area (Å²) in [4.78, 5) is 0. The third kappa shape index (κ3) is 2.73. The lowest BCUT2D eigenvalue weighted by molar-refractivity contribution is 0.487. The smallest absolute Gasteiger partial charge is 0.0649 e. The first-order valence-electron chi connectivity index (χ1n) is 6.60. The Bertz CT molecular complexity index is 573. The number of thioether (sulfide) groups is 1. The molecule has 3 nitrogen and oxygen atoms in total. The average Bonchev–Trinajstić information content (AvgIpc) is 2.92. The monoisotopic (exact) mass is 293 g/mol. The molecule has 1 N–H and O–H groups in total. The van der Waals surface area contributed by atoms with Crippen LogP contribution in [0.25, 0.3) is 0 Å². The molecule has 19 heavy (non-hydrogen) atoms. The number of aromatic nitrogens is 2. The topological polar surface area (TPSA) is 29.9 Å². The van der Waals surface area contributed by atoms with E-state index in [1.54, 1.807) is 0 Å². The third-order valence-electron chi connectivity index (χ3n) is 3.56. The van der Waals surface area contributed by atoms with Crippen molar-refractivity contribution in [2.24, 2.45) is 7.05 Å². The summed E-state index contributed by atoms with van der Waals surface area (Å²) in [6.07, 6.45) is 3.31. The second kappa shape index (κ2) is 5.31. The molecule has 0 spiro atoms. The maximum atomic E-state index is 4.40. The van der Waals surface area contributed by atoms with Gasteiger partial charge in [0, 0.05) is 36.6 Å². The zero-order valence-electron chi connectivity index (χ0n) is 11.5. The molecular weight excluding hydrogens is 274 g/mol. The summed E-state index contributed by atoms with van der Waals surface area (Å²) in [6.45, 7) is 5.29. The highest BCUT2D eigenvalue weighted by molar-refractivity contribution is 8.01. The summed E-state index contributed by atoms with van der Waals surface area (Å²) in [5, 5.41) is 11.0. The van der Waals surface area contributed by atoms with Crippen molar-refractivity contribution < 1.29 is 0 Å². The van der Waals surface area contributed by atoms with E-state index in [9.17, 15) is 0 Å². The van der Waals surface area contributed by atoms with Crippen LogP contribution in [0.15, 0.2) is 21.9 Å². The largest absolute Gasteiger partial charge is 0.306 e. The first-order chi connectivity index (χ1) is 9.13. The van der Waals surface area contributed by atoms with Crippen molar-refractivity contribution in [2.75, 3.05) is 0 Å². The zero-order chi connectivity index (χ0) is 13.4. The molecule has 3 rings (SSSR count). The minimum atomic E-state index is 0.483. The lowest BCUT2D eigenvalue weighted by atomic mass is 10.0. The van der Waals surface area contributed by atoms with Crippen LogP contribution < -0.4 is 5.32 Å². The molecule has 5 heteroatoms. The van der Waals surface area contributed by atoms with Crippen molar-refractivity contribution in [1.82, 2.24) is 15.1 Å². The fourth-order valence-corrected chi connectivity index (χ4v) is 5.16. The Kier molecular flexibility index (Phi) is 3.69. The van der Waals surface area contributed by atoms with Crippen LogP contribution in [-0.4, -0.2) is 15.0 Å². The average molecular weight is 293 g/mol. The molecule has 2 aromatic heterocycles. The van der Waals surface area contributed by atoms with Crippen LogP contribution in [0, 0.1) is 6.92 Å². The van der Waals surface area contributed by atoms with Gasteiger partial charge in [-0.3, -0.25) is 4.68 Å². The van der Waals surface area contributed by atoms with Crippen molar-refractivity contribution in [2.45, 2.75) is 42.3 Å². The predicted octanol–water partition coefficient (Wildman–Crippen LogP) is 3.51. The normalized spacial score (nSPS) is 22.5. The Morgan fingerprint density at radius 3 is 3.11 bits per heavy atom. The minimum Gasteiger partial charge on any atom is -0.306 e. The zero-order valence-corrected chi connectivity index (χ0v) is 13.1. The number of fused-ring (bicyclic) bond motifs is 1. The molecule has 102 valence electrons.